The third-order valence-electron chi connectivity index (χ3n) is 3.19. The normalized spacial score (nSPS) is 21.6. The molecule has 1 saturated heterocycles. The molecule has 0 spiro atoms. The Morgan fingerprint density at radius 1 is 1.53 bits per heavy atom. The van der Waals surface area contributed by atoms with Gasteiger partial charge in [-0.3, -0.25) is 4.79 Å². The van der Waals surface area contributed by atoms with E-state index >= 15 is 0 Å². The molecule has 0 aliphatic carbocycles. The number of carbonyl (C=O) groups is 2. The van der Waals surface area contributed by atoms with Crippen LogP contribution in [0, 0.1) is 5.92 Å². The summed E-state index contributed by atoms with van der Waals surface area (Å²) in [4.78, 5) is 24.2. The molecule has 110 valence electrons. The van der Waals surface area contributed by atoms with Gasteiger partial charge in [-0.05, 0) is 25.7 Å². The molecule has 19 heavy (non-hydrogen) atoms. The van der Waals surface area contributed by atoms with Gasteiger partial charge in [0.25, 0.3) is 0 Å². The fraction of sp³-hybridized carbons (Fsp3) is 0.846. The molecule has 0 aromatic carbocycles. The van der Waals surface area contributed by atoms with Gasteiger partial charge in [-0.25, -0.2) is 4.79 Å². The number of hydrogen-bond donors (Lipinski definition) is 2. The highest BCUT2D eigenvalue weighted by atomic mass is 16.5. The third kappa shape index (κ3) is 6.42. The van der Waals surface area contributed by atoms with Gasteiger partial charge in [0, 0.05) is 32.7 Å². The van der Waals surface area contributed by atoms with E-state index in [1.54, 1.807) is 4.90 Å². The van der Waals surface area contributed by atoms with Gasteiger partial charge >= 0.3 is 12.0 Å². The van der Waals surface area contributed by atoms with Crippen molar-refractivity contribution in [2.75, 3.05) is 26.2 Å². The molecule has 1 aliphatic rings. The average molecular weight is 272 g/mol. The van der Waals surface area contributed by atoms with Crippen LogP contribution < -0.4 is 5.32 Å². The van der Waals surface area contributed by atoms with Gasteiger partial charge < -0.3 is 20.1 Å². The maximum atomic E-state index is 12.0. The molecule has 0 bridgehead atoms. The van der Waals surface area contributed by atoms with E-state index in [1.807, 2.05) is 13.8 Å². The zero-order valence-electron chi connectivity index (χ0n) is 11.7. The third-order valence-corrected chi connectivity index (χ3v) is 3.19. The predicted octanol–water partition coefficient (Wildman–Crippen LogP) is 1.31. The fourth-order valence-electron chi connectivity index (χ4n) is 2.02. The maximum absolute atomic E-state index is 12.0. The number of ether oxygens (including phenoxy) is 1. The van der Waals surface area contributed by atoms with E-state index in [1.165, 1.54) is 0 Å². The molecule has 1 heterocycles. The van der Waals surface area contributed by atoms with Gasteiger partial charge in [0.05, 0.1) is 6.10 Å². The summed E-state index contributed by atoms with van der Waals surface area (Å²) in [6.07, 6.45) is 1.64. The summed E-state index contributed by atoms with van der Waals surface area (Å²) < 4.78 is 5.49. The Labute approximate surface area is 114 Å². The molecule has 0 saturated carbocycles. The van der Waals surface area contributed by atoms with Crippen LogP contribution in [0.3, 0.4) is 0 Å². The fourth-order valence-corrected chi connectivity index (χ4v) is 2.02. The molecule has 0 aromatic rings. The molecule has 1 rings (SSSR count). The number of carboxylic acids is 1. The Morgan fingerprint density at radius 3 is 2.95 bits per heavy atom. The second-order valence-corrected chi connectivity index (χ2v) is 5.20. The molecule has 6 heteroatoms. The summed E-state index contributed by atoms with van der Waals surface area (Å²) in [6.45, 7) is 6.42. The van der Waals surface area contributed by atoms with Crippen molar-refractivity contribution in [3.05, 3.63) is 0 Å². The van der Waals surface area contributed by atoms with Crippen LogP contribution in [0.1, 0.15) is 33.1 Å². The highest BCUT2D eigenvalue weighted by Crippen LogP contribution is 2.07. The summed E-state index contributed by atoms with van der Waals surface area (Å²) >= 11 is 0. The summed E-state index contributed by atoms with van der Waals surface area (Å²) in [6, 6.07) is -0.0838. The van der Waals surface area contributed by atoms with Crippen molar-refractivity contribution in [1.29, 1.82) is 0 Å². The van der Waals surface area contributed by atoms with Crippen molar-refractivity contribution in [3.8, 4) is 0 Å². The molecule has 2 unspecified atom stereocenters. The first-order valence-electron chi connectivity index (χ1n) is 6.85. The highest BCUT2D eigenvalue weighted by molar-refractivity contribution is 5.74. The minimum atomic E-state index is -0.795. The second-order valence-electron chi connectivity index (χ2n) is 5.20. The topological polar surface area (TPSA) is 78.9 Å². The Kier molecular flexibility index (Phi) is 6.62. The Bertz CT molecular complexity index is 309. The first-order valence-corrected chi connectivity index (χ1v) is 6.85. The van der Waals surface area contributed by atoms with Gasteiger partial charge in [0.1, 0.15) is 0 Å². The smallest absolute Gasteiger partial charge is 0.317 e. The monoisotopic (exact) mass is 272 g/mol. The van der Waals surface area contributed by atoms with Crippen molar-refractivity contribution in [2.24, 2.45) is 5.92 Å². The molecule has 6 nitrogen and oxygen atoms in total. The molecular formula is C13H24N2O4. The van der Waals surface area contributed by atoms with Gasteiger partial charge in [-0.1, -0.05) is 6.92 Å². The molecule has 2 amide bonds. The van der Waals surface area contributed by atoms with Gasteiger partial charge in [-0.2, -0.15) is 0 Å². The van der Waals surface area contributed by atoms with Crippen LogP contribution in [0.25, 0.3) is 0 Å². The Balaban J connectivity index is 2.27. The van der Waals surface area contributed by atoms with E-state index in [0.717, 1.165) is 6.42 Å². The van der Waals surface area contributed by atoms with Gasteiger partial charge in [0.2, 0.25) is 0 Å². The summed E-state index contributed by atoms with van der Waals surface area (Å²) in [5.41, 5.74) is 0. The number of rotatable bonds is 5. The van der Waals surface area contributed by atoms with E-state index in [2.05, 4.69) is 5.32 Å². The lowest BCUT2D eigenvalue weighted by atomic mass is 10.1. The maximum Gasteiger partial charge on any atom is 0.317 e. The number of nitrogens with one attached hydrogen (secondary N) is 1. The zero-order chi connectivity index (χ0) is 14.3. The number of carbonyl (C=O) groups excluding carboxylic acids is 1. The average Bonchev–Trinajstić information content (AvgIpc) is 2.58. The number of carboxylic acid groups (broad SMARTS) is 1. The zero-order valence-corrected chi connectivity index (χ0v) is 11.7. The van der Waals surface area contributed by atoms with E-state index in [0.29, 0.717) is 32.7 Å². The molecule has 0 radical (unpaired) electrons. The number of urea groups is 1. The van der Waals surface area contributed by atoms with Gasteiger partial charge in [0.15, 0.2) is 0 Å². The van der Waals surface area contributed by atoms with Crippen molar-refractivity contribution in [2.45, 2.75) is 39.2 Å². The second kappa shape index (κ2) is 7.99. The van der Waals surface area contributed by atoms with Crippen molar-refractivity contribution in [1.82, 2.24) is 10.2 Å². The molecule has 2 atom stereocenters. The lowest BCUT2D eigenvalue weighted by Gasteiger charge is -2.23. The summed E-state index contributed by atoms with van der Waals surface area (Å²) in [5.74, 6) is -0.627. The number of hydrogen-bond acceptors (Lipinski definition) is 3. The summed E-state index contributed by atoms with van der Waals surface area (Å²) in [5, 5.41) is 11.5. The van der Waals surface area contributed by atoms with Crippen LogP contribution in [0.2, 0.25) is 0 Å². The minimum absolute atomic E-state index is 0.0673. The largest absolute Gasteiger partial charge is 0.481 e. The standard InChI is InChI=1S/C13H24N2O4/c1-10(4-5-12(16)17)8-14-13(18)15-6-3-7-19-11(2)9-15/h10-11H,3-9H2,1-2H3,(H,14,18)(H,16,17). The first kappa shape index (κ1) is 15.8. The lowest BCUT2D eigenvalue weighted by Crippen LogP contribution is -2.44. The molecule has 0 aromatic heterocycles. The number of aliphatic carboxylic acids is 1. The van der Waals surface area contributed by atoms with E-state index < -0.39 is 5.97 Å². The van der Waals surface area contributed by atoms with Crippen LogP contribution in [0.5, 0.6) is 0 Å². The Hall–Kier alpha value is -1.30. The summed E-state index contributed by atoms with van der Waals surface area (Å²) in [7, 11) is 0. The van der Waals surface area contributed by atoms with Crippen LogP contribution in [-0.4, -0.2) is 54.4 Å². The predicted molar refractivity (Wildman–Crippen MR) is 71.0 cm³/mol. The van der Waals surface area contributed by atoms with Crippen molar-refractivity contribution in [3.63, 3.8) is 0 Å². The van der Waals surface area contributed by atoms with Crippen LogP contribution in [0.15, 0.2) is 0 Å². The van der Waals surface area contributed by atoms with Crippen LogP contribution >= 0.6 is 0 Å². The Morgan fingerprint density at radius 2 is 2.26 bits per heavy atom. The lowest BCUT2D eigenvalue weighted by molar-refractivity contribution is -0.137. The van der Waals surface area contributed by atoms with E-state index in [4.69, 9.17) is 9.84 Å². The minimum Gasteiger partial charge on any atom is -0.481 e. The highest BCUT2D eigenvalue weighted by Gasteiger charge is 2.19. The SMILES string of the molecule is CC(CCC(=O)O)CNC(=O)N1CCCOC(C)C1. The number of nitrogens with zero attached hydrogens (tertiary/aromatic N) is 1. The molecule has 2 N–H and O–H groups in total. The van der Waals surface area contributed by atoms with E-state index in [-0.39, 0.29) is 24.5 Å². The van der Waals surface area contributed by atoms with Crippen LogP contribution in [-0.2, 0) is 9.53 Å². The van der Waals surface area contributed by atoms with Crippen LogP contribution in [0.4, 0.5) is 4.79 Å². The van der Waals surface area contributed by atoms with Crippen molar-refractivity contribution >= 4 is 12.0 Å². The van der Waals surface area contributed by atoms with Gasteiger partial charge in [-0.15, -0.1) is 0 Å². The number of amides is 2. The van der Waals surface area contributed by atoms with Crippen molar-refractivity contribution < 1.29 is 19.4 Å². The van der Waals surface area contributed by atoms with E-state index in [9.17, 15) is 9.59 Å². The molecular weight excluding hydrogens is 248 g/mol. The molecule has 1 aliphatic heterocycles. The first-order chi connectivity index (χ1) is 8.99. The molecule has 1 fully saturated rings. The quantitative estimate of drug-likeness (QED) is 0.791.